The van der Waals surface area contributed by atoms with Crippen molar-refractivity contribution in [3.8, 4) is 0 Å². The van der Waals surface area contributed by atoms with Gasteiger partial charge in [0.25, 0.3) is 0 Å². The topological polar surface area (TPSA) is 104 Å². The summed E-state index contributed by atoms with van der Waals surface area (Å²) in [6.07, 6.45) is 5.38. The van der Waals surface area contributed by atoms with Gasteiger partial charge in [-0.05, 0) is 30.5 Å². The molecule has 108 valence electrons. The second kappa shape index (κ2) is 9.69. The van der Waals surface area contributed by atoms with E-state index in [2.05, 4.69) is 15.3 Å². The number of nitrogens with zero attached hydrogens (tertiary/aromatic N) is 3. The smallest absolute Gasteiger partial charge is 0.224 e. The molecule has 0 saturated carbocycles. The number of rotatable bonds is 9. The molecule has 0 fully saturated rings. The summed E-state index contributed by atoms with van der Waals surface area (Å²) in [6, 6.07) is 7.24. The number of hydrogen-bond acceptors (Lipinski definition) is 3. The maximum atomic E-state index is 11.7. The summed E-state index contributed by atoms with van der Waals surface area (Å²) >= 11 is 0. The molecule has 3 N–H and O–H groups in total. The normalized spacial score (nSPS) is 9.80. The van der Waals surface area contributed by atoms with Gasteiger partial charge in [-0.15, -0.1) is 0 Å². The molecule has 0 aliphatic rings. The highest BCUT2D eigenvalue weighted by Gasteiger charge is 2.04. The molecule has 1 aromatic rings. The van der Waals surface area contributed by atoms with Crippen molar-refractivity contribution in [3.63, 3.8) is 0 Å². The number of hydrogen-bond donors (Lipinski definition) is 2. The number of nitrogen functional groups attached to an aromatic ring is 1. The van der Waals surface area contributed by atoms with Gasteiger partial charge >= 0.3 is 0 Å². The van der Waals surface area contributed by atoms with Gasteiger partial charge in [0.1, 0.15) is 0 Å². The van der Waals surface area contributed by atoms with E-state index in [0.717, 1.165) is 32.1 Å². The predicted octanol–water partition coefficient (Wildman–Crippen LogP) is 3.86. The molecule has 0 aromatic heterocycles. The fraction of sp³-hybridized carbons (Fsp3) is 0.500. The van der Waals surface area contributed by atoms with Crippen molar-refractivity contribution in [1.29, 1.82) is 0 Å². The van der Waals surface area contributed by atoms with E-state index in [4.69, 9.17) is 11.3 Å². The molecule has 1 aromatic carbocycles. The fourth-order valence-corrected chi connectivity index (χ4v) is 1.87. The third kappa shape index (κ3) is 6.66. The lowest BCUT2D eigenvalue weighted by atomic mass is 10.1. The first-order chi connectivity index (χ1) is 9.74. The van der Waals surface area contributed by atoms with Crippen molar-refractivity contribution in [3.05, 3.63) is 34.7 Å². The van der Waals surface area contributed by atoms with Gasteiger partial charge in [-0.25, -0.2) is 0 Å². The average Bonchev–Trinajstić information content (AvgIpc) is 2.44. The number of nitrogens with one attached hydrogen (secondary N) is 1. The molecule has 0 aliphatic carbocycles. The van der Waals surface area contributed by atoms with Crippen molar-refractivity contribution < 1.29 is 4.79 Å². The van der Waals surface area contributed by atoms with Crippen molar-refractivity contribution in [2.45, 2.75) is 38.5 Å². The van der Waals surface area contributed by atoms with E-state index < -0.39 is 0 Å². The minimum atomic E-state index is -0.00280. The van der Waals surface area contributed by atoms with Crippen LogP contribution in [0, 0.1) is 0 Å². The molecule has 0 bridgehead atoms. The standard InChI is InChI=1S/C14H21N5O/c15-12-8-5-6-9-13(12)18-14(20)10-4-2-1-3-7-11-17-19-16/h5-6,8-9H,1-4,7,10-11,15H2,(H,18,20). The summed E-state index contributed by atoms with van der Waals surface area (Å²) in [4.78, 5) is 14.4. The van der Waals surface area contributed by atoms with E-state index in [1.807, 2.05) is 12.1 Å². The molecular weight excluding hydrogens is 254 g/mol. The Bertz CT molecular complexity index is 468. The van der Waals surface area contributed by atoms with Gasteiger partial charge in [0.05, 0.1) is 11.4 Å². The highest BCUT2D eigenvalue weighted by molar-refractivity contribution is 5.93. The summed E-state index contributed by atoms with van der Waals surface area (Å²) in [7, 11) is 0. The Labute approximate surface area is 119 Å². The van der Waals surface area contributed by atoms with E-state index in [9.17, 15) is 4.79 Å². The van der Waals surface area contributed by atoms with E-state index >= 15 is 0 Å². The Morgan fingerprint density at radius 2 is 1.90 bits per heavy atom. The highest BCUT2D eigenvalue weighted by Crippen LogP contribution is 2.17. The van der Waals surface area contributed by atoms with Crippen LogP contribution >= 0.6 is 0 Å². The molecule has 6 heteroatoms. The average molecular weight is 275 g/mol. The van der Waals surface area contributed by atoms with Crippen LogP contribution in [-0.4, -0.2) is 12.5 Å². The number of anilines is 2. The van der Waals surface area contributed by atoms with Crippen LogP contribution in [0.15, 0.2) is 29.4 Å². The number of para-hydroxylation sites is 2. The first-order valence-electron chi connectivity index (χ1n) is 6.89. The lowest BCUT2D eigenvalue weighted by molar-refractivity contribution is -0.116. The van der Waals surface area contributed by atoms with Crippen LogP contribution < -0.4 is 11.1 Å². The van der Waals surface area contributed by atoms with Crippen molar-refractivity contribution in [1.82, 2.24) is 0 Å². The molecule has 20 heavy (non-hydrogen) atoms. The quantitative estimate of drug-likeness (QED) is 0.235. The summed E-state index contributed by atoms with van der Waals surface area (Å²) in [6.45, 7) is 0.560. The Morgan fingerprint density at radius 1 is 1.20 bits per heavy atom. The maximum Gasteiger partial charge on any atom is 0.224 e. The number of carbonyl (C=O) groups is 1. The molecule has 0 atom stereocenters. The number of amides is 1. The Balaban J connectivity index is 2.09. The highest BCUT2D eigenvalue weighted by atomic mass is 16.1. The van der Waals surface area contributed by atoms with Gasteiger partial charge in [0.15, 0.2) is 0 Å². The molecule has 0 spiro atoms. The first-order valence-corrected chi connectivity index (χ1v) is 6.89. The van der Waals surface area contributed by atoms with Crippen LogP contribution in [0.25, 0.3) is 10.4 Å². The largest absolute Gasteiger partial charge is 0.397 e. The lowest BCUT2D eigenvalue weighted by Crippen LogP contribution is -2.12. The fourth-order valence-electron chi connectivity index (χ4n) is 1.87. The van der Waals surface area contributed by atoms with E-state index in [0.29, 0.717) is 24.3 Å². The maximum absolute atomic E-state index is 11.7. The van der Waals surface area contributed by atoms with Crippen LogP contribution in [-0.2, 0) is 4.79 Å². The lowest BCUT2D eigenvalue weighted by Gasteiger charge is -2.07. The predicted molar refractivity (Wildman–Crippen MR) is 81.2 cm³/mol. The van der Waals surface area contributed by atoms with Gasteiger partial charge in [-0.3, -0.25) is 4.79 Å². The third-order valence-corrected chi connectivity index (χ3v) is 2.96. The van der Waals surface area contributed by atoms with Gasteiger partial charge in [0, 0.05) is 17.9 Å². The number of carbonyl (C=O) groups excluding carboxylic acids is 1. The van der Waals surface area contributed by atoms with Gasteiger partial charge in [0.2, 0.25) is 5.91 Å². The van der Waals surface area contributed by atoms with Gasteiger partial charge < -0.3 is 11.1 Å². The number of nitrogens with two attached hydrogens (primary N) is 1. The monoisotopic (exact) mass is 275 g/mol. The summed E-state index contributed by atoms with van der Waals surface area (Å²) in [5.41, 5.74) is 15.1. The summed E-state index contributed by atoms with van der Waals surface area (Å²) < 4.78 is 0. The number of benzene rings is 1. The number of unbranched alkanes of at least 4 members (excludes halogenated alkanes) is 4. The van der Waals surface area contributed by atoms with Crippen LogP contribution in [0.3, 0.4) is 0 Å². The molecule has 0 unspecified atom stereocenters. The third-order valence-electron chi connectivity index (χ3n) is 2.96. The molecule has 0 aliphatic heterocycles. The van der Waals surface area contributed by atoms with Crippen LogP contribution in [0.5, 0.6) is 0 Å². The van der Waals surface area contributed by atoms with E-state index in [1.54, 1.807) is 12.1 Å². The molecule has 1 rings (SSSR count). The zero-order valence-corrected chi connectivity index (χ0v) is 11.6. The first kappa shape index (κ1) is 15.9. The zero-order chi connectivity index (χ0) is 14.6. The molecular formula is C14H21N5O. The van der Waals surface area contributed by atoms with Crippen LogP contribution in [0.1, 0.15) is 38.5 Å². The van der Waals surface area contributed by atoms with E-state index in [-0.39, 0.29) is 5.91 Å². The second-order valence-electron chi connectivity index (χ2n) is 4.61. The van der Waals surface area contributed by atoms with Crippen LogP contribution in [0.2, 0.25) is 0 Å². The van der Waals surface area contributed by atoms with Crippen molar-refractivity contribution in [2.75, 3.05) is 17.6 Å². The second-order valence-corrected chi connectivity index (χ2v) is 4.61. The molecule has 6 nitrogen and oxygen atoms in total. The van der Waals surface area contributed by atoms with E-state index in [1.165, 1.54) is 0 Å². The Morgan fingerprint density at radius 3 is 2.65 bits per heavy atom. The zero-order valence-electron chi connectivity index (χ0n) is 11.6. The van der Waals surface area contributed by atoms with Gasteiger partial charge in [-0.2, -0.15) is 0 Å². The Hall–Kier alpha value is -2.20. The summed E-state index contributed by atoms with van der Waals surface area (Å²) in [5.74, 6) is -0.00280. The summed E-state index contributed by atoms with van der Waals surface area (Å²) in [5, 5.41) is 6.29. The molecule has 0 heterocycles. The van der Waals surface area contributed by atoms with Gasteiger partial charge in [-0.1, -0.05) is 36.5 Å². The van der Waals surface area contributed by atoms with Crippen LogP contribution in [0.4, 0.5) is 11.4 Å². The minimum absolute atomic E-state index is 0.00280. The molecule has 1 amide bonds. The van der Waals surface area contributed by atoms with Crippen molar-refractivity contribution in [2.24, 2.45) is 5.11 Å². The molecule has 0 saturated heterocycles. The minimum Gasteiger partial charge on any atom is -0.397 e. The van der Waals surface area contributed by atoms with Crippen molar-refractivity contribution >= 4 is 17.3 Å². The molecule has 0 radical (unpaired) electrons. The Kier molecular flexibility index (Phi) is 7.69. The number of azide groups is 1. The SMILES string of the molecule is [N-]=[N+]=NCCCCCCCC(=O)Nc1ccccc1N.